The van der Waals surface area contributed by atoms with Crippen molar-refractivity contribution in [3.63, 3.8) is 0 Å². The van der Waals surface area contributed by atoms with Gasteiger partial charge in [-0.2, -0.15) is 52.7 Å². The van der Waals surface area contributed by atoms with Gasteiger partial charge in [-0.15, -0.1) is 24.3 Å². The average molecular weight is 1070 g/mol. The summed E-state index contributed by atoms with van der Waals surface area (Å²) in [5.41, 5.74) is -8.51. The van der Waals surface area contributed by atoms with E-state index in [1.54, 1.807) is 0 Å². The molecule has 0 aliphatic heterocycles. The number of nitrogens with zero attached hydrogens (tertiary/aromatic N) is 12. The first-order valence-corrected chi connectivity index (χ1v) is 16.8. The molecule has 0 bridgehead atoms. The molecule has 0 saturated carbocycles. The topological polar surface area (TPSA) is 123 Å². The monoisotopic (exact) mass is 1070 g/mol. The number of hydrogen-bond donors (Lipinski definition) is 0. The van der Waals surface area contributed by atoms with E-state index in [1.807, 2.05) is 0 Å². The summed E-state index contributed by atoms with van der Waals surface area (Å²) in [5.74, 6) is -1.22. The summed E-state index contributed by atoms with van der Waals surface area (Å²) in [7, 11) is 0. The molecular weight excluding hydrogens is 1050 g/mol. The number of halogens is 12. The van der Waals surface area contributed by atoms with Gasteiger partial charge in [-0.3, -0.25) is 40.3 Å². The second-order valence-electron chi connectivity index (χ2n) is 12.5. The minimum absolute atomic E-state index is 0. The maximum Gasteiger partial charge on any atom is 2.00 e. The standard InChI is InChI=1S/C37H16F12N12.2Pd/c38-34(39,40)25-13-17-58(54-25)29-9-1-5-21(50-29)33(22-6-2-10-30(51-22)59-18-14-26(55-59)35(41,42)43,23-7-3-11-31(52-23)60-19-15-27(56-60)36(44,45)46)24-8-4-12-32(53-24)61-20-16-28(57-61)37(47,48)49;;/h1-16H;;/q-4;2*+2. The van der Waals surface area contributed by atoms with E-state index in [9.17, 15) is 52.7 Å². The molecule has 0 aromatic carbocycles. The Bertz CT molecular complexity index is 2490. The van der Waals surface area contributed by atoms with E-state index in [0.717, 1.165) is 0 Å². The number of alkyl halides is 12. The minimum atomic E-state index is -4.90. The number of hydrogen-bond acceptors (Lipinski definition) is 8. The second-order valence-corrected chi connectivity index (χ2v) is 12.5. The van der Waals surface area contributed by atoms with Crippen LogP contribution in [0.4, 0.5) is 52.7 Å². The molecule has 0 spiro atoms. The SMILES string of the molecule is FC(F)(F)c1c[c-]n(-c2cccc(C(c3cccc(-n4[c-]cc(C(F)(F)F)n4)n3)(c3cccc(-n4[c-]cc(C(F)(F)F)n4)n3)c3cccc(-n4[c-]cc(C(F)(F)F)n4)n3)n2)n1.[Pd+2].[Pd+2]. The van der Waals surface area contributed by atoms with Crippen molar-refractivity contribution in [2.75, 3.05) is 0 Å². The Hall–Kier alpha value is -6.08. The number of aromatic nitrogens is 12. The van der Waals surface area contributed by atoms with Gasteiger partial charge < -0.3 is 18.7 Å². The predicted octanol–water partition coefficient (Wildman–Crippen LogP) is 7.66. The maximum absolute atomic E-state index is 13.6. The van der Waals surface area contributed by atoms with E-state index < -0.39 is 52.9 Å². The van der Waals surface area contributed by atoms with Gasteiger partial charge in [0.1, 0.15) is 5.41 Å². The molecule has 26 heteroatoms. The van der Waals surface area contributed by atoms with E-state index in [0.29, 0.717) is 43.0 Å². The number of pyridine rings is 4. The third kappa shape index (κ3) is 9.07. The van der Waals surface area contributed by atoms with Crippen LogP contribution in [0, 0.1) is 24.8 Å². The van der Waals surface area contributed by atoms with Crippen molar-refractivity contribution < 1.29 is 93.5 Å². The van der Waals surface area contributed by atoms with Crippen LogP contribution in [-0.4, -0.2) is 59.1 Å². The first kappa shape index (κ1) is 46.4. The molecule has 0 N–H and O–H groups in total. The zero-order valence-corrected chi connectivity index (χ0v) is 33.4. The summed E-state index contributed by atoms with van der Waals surface area (Å²) in [5, 5.41) is 14.1. The third-order valence-electron chi connectivity index (χ3n) is 8.63. The van der Waals surface area contributed by atoms with Gasteiger partial charge in [0.15, 0.2) is 0 Å². The van der Waals surface area contributed by atoms with Gasteiger partial charge in [-0.25, -0.2) is 0 Å². The average Bonchev–Trinajstić information content (AvgIpc) is 4.05. The van der Waals surface area contributed by atoms with E-state index in [4.69, 9.17) is 0 Å². The van der Waals surface area contributed by atoms with Crippen LogP contribution in [0.1, 0.15) is 45.6 Å². The molecule has 8 aromatic heterocycles. The summed E-state index contributed by atoms with van der Waals surface area (Å²) in [6.07, 6.45) is -10.3. The van der Waals surface area contributed by atoms with Gasteiger partial charge >= 0.3 is 65.6 Å². The smallest absolute Gasteiger partial charge is 0.343 e. The molecular formula is C37H16F12N12Pd2. The van der Waals surface area contributed by atoms with Crippen LogP contribution in [-0.2, 0) is 71.0 Å². The first-order valence-electron chi connectivity index (χ1n) is 16.8. The molecule has 0 saturated heterocycles. The summed E-state index contributed by atoms with van der Waals surface area (Å²) >= 11 is 0. The van der Waals surface area contributed by atoms with Gasteiger partial charge in [-0.1, -0.05) is 73.3 Å². The zero-order valence-electron chi connectivity index (χ0n) is 30.3. The molecule has 0 radical (unpaired) electrons. The molecule has 0 fully saturated rings. The zero-order chi connectivity index (χ0) is 43.5. The minimum Gasteiger partial charge on any atom is -0.343 e. The quantitative estimate of drug-likeness (QED) is 0.0865. The van der Waals surface area contributed by atoms with Crippen molar-refractivity contribution >= 4 is 0 Å². The molecule has 8 rings (SSSR count). The van der Waals surface area contributed by atoms with Crippen LogP contribution in [0.2, 0.25) is 0 Å². The van der Waals surface area contributed by atoms with Gasteiger partial charge in [-0.05, 0) is 24.3 Å². The fourth-order valence-corrected chi connectivity index (χ4v) is 5.96. The van der Waals surface area contributed by atoms with Crippen molar-refractivity contribution in [1.29, 1.82) is 0 Å². The van der Waals surface area contributed by atoms with Gasteiger partial charge in [0, 0.05) is 0 Å². The van der Waals surface area contributed by atoms with Crippen LogP contribution < -0.4 is 0 Å². The molecule has 8 heterocycles. The summed E-state index contributed by atoms with van der Waals surface area (Å²) < 4.78 is 166. The Kier molecular flexibility index (Phi) is 12.5. The van der Waals surface area contributed by atoms with Crippen LogP contribution in [0.15, 0.2) is 97.1 Å². The molecule has 0 aliphatic carbocycles. The van der Waals surface area contributed by atoms with Crippen molar-refractivity contribution in [3.05, 3.63) is 167 Å². The molecule has 0 unspecified atom stereocenters. The Morgan fingerprint density at radius 1 is 0.317 bits per heavy atom. The van der Waals surface area contributed by atoms with Crippen molar-refractivity contribution in [2.45, 2.75) is 30.1 Å². The molecule has 0 atom stereocenters. The van der Waals surface area contributed by atoms with Gasteiger partial charge in [0.05, 0.1) is 68.8 Å². The largest absolute Gasteiger partial charge is 2.00 e. The molecule has 8 aromatic rings. The summed E-state index contributed by atoms with van der Waals surface area (Å²) in [6.45, 7) is 0. The third-order valence-corrected chi connectivity index (χ3v) is 8.63. The van der Waals surface area contributed by atoms with Crippen molar-refractivity contribution in [3.8, 4) is 23.3 Å². The molecule has 0 amide bonds. The molecule has 328 valence electrons. The van der Waals surface area contributed by atoms with E-state index in [-0.39, 0.29) is 86.9 Å². The molecule has 0 aliphatic rings. The Labute approximate surface area is 372 Å². The Balaban J connectivity index is 0.00000330. The number of rotatable bonds is 8. The van der Waals surface area contributed by atoms with E-state index >= 15 is 0 Å². The van der Waals surface area contributed by atoms with E-state index in [1.165, 1.54) is 72.8 Å². The Morgan fingerprint density at radius 3 is 0.698 bits per heavy atom. The van der Waals surface area contributed by atoms with Crippen molar-refractivity contribution in [2.24, 2.45) is 0 Å². The maximum atomic E-state index is 13.6. The van der Waals surface area contributed by atoms with Crippen LogP contribution >= 0.6 is 0 Å². The fraction of sp³-hybridized carbons (Fsp3) is 0.135. The van der Waals surface area contributed by atoms with Crippen LogP contribution in [0.25, 0.3) is 23.3 Å². The normalized spacial score (nSPS) is 12.5. The van der Waals surface area contributed by atoms with Crippen LogP contribution in [0.5, 0.6) is 0 Å². The molecule has 63 heavy (non-hydrogen) atoms. The summed E-state index contributed by atoms with van der Waals surface area (Å²) in [4.78, 5) is 18.4. The predicted molar refractivity (Wildman–Crippen MR) is 180 cm³/mol. The van der Waals surface area contributed by atoms with Gasteiger partial charge in [0.25, 0.3) is 0 Å². The second kappa shape index (κ2) is 16.9. The van der Waals surface area contributed by atoms with Crippen LogP contribution in [0.3, 0.4) is 0 Å². The van der Waals surface area contributed by atoms with Gasteiger partial charge in [0.2, 0.25) is 0 Å². The van der Waals surface area contributed by atoms with E-state index in [2.05, 4.69) is 65.1 Å². The first-order chi connectivity index (χ1) is 28.7. The molecule has 12 nitrogen and oxygen atoms in total. The fourth-order valence-electron chi connectivity index (χ4n) is 5.96. The Morgan fingerprint density at radius 2 is 0.524 bits per heavy atom. The summed E-state index contributed by atoms with van der Waals surface area (Å²) in [6, 6.07) is 17.7. The van der Waals surface area contributed by atoms with Crippen molar-refractivity contribution in [1.82, 2.24) is 59.1 Å².